The van der Waals surface area contributed by atoms with Crippen LogP contribution in [0.25, 0.3) is 28.2 Å². The van der Waals surface area contributed by atoms with Crippen molar-refractivity contribution in [3.8, 4) is 11.3 Å². The number of nitrogens with one attached hydrogen (secondary N) is 1. The summed E-state index contributed by atoms with van der Waals surface area (Å²) in [4.78, 5) is 16.5. The van der Waals surface area contributed by atoms with E-state index in [4.69, 9.17) is 5.21 Å². The van der Waals surface area contributed by atoms with Crippen molar-refractivity contribution in [2.75, 3.05) is 0 Å². The fourth-order valence-electron chi connectivity index (χ4n) is 2.36. The number of hydrogen-bond acceptors (Lipinski definition) is 3. The monoisotopic (exact) mass is 290 g/mol. The molecule has 0 saturated carbocycles. The summed E-state index contributed by atoms with van der Waals surface area (Å²) in [5.41, 5.74) is 5.35. The summed E-state index contributed by atoms with van der Waals surface area (Å²) < 4.78 is 0. The lowest BCUT2D eigenvalue weighted by molar-refractivity contribution is 0.0708. The van der Waals surface area contributed by atoms with E-state index in [1.54, 1.807) is 23.7 Å². The fourth-order valence-corrected chi connectivity index (χ4v) is 2.36. The van der Waals surface area contributed by atoms with Crippen molar-refractivity contribution in [3.05, 3.63) is 72.3 Å². The number of aromatic nitrogens is 1. The number of nitrogens with zero attached hydrogens (tertiary/aromatic N) is 1. The van der Waals surface area contributed by atoms with Gasteiger partial charge < -0.3 is 0 Å². The molecule has 0 radical (unpaired) electrons. The summed E-state index contributed by atoms with van der Waals surface area (Å²) in [5, 5.41) is 9.64. The van der Waals surface area contributed by atoms with Crippen molar-refractivity contribution in [2.24, 2.45) is 0 Å². The van der Waals surface area contributed by atoms with Gasteiger partial charge in [0.2, 0.25) is 0 Å². The summed E-state index contributed by atoms with van der Waals surface area (Å²) in [6, 6.07) is 16.7. The quantitative estimate of drug-likeness (QED) is 0.571. The molecule has 3 aromatic rings. The molecule has 1 amide bonds. The van der Waals surface area contributed by atoms with E-state index in [2.05, 4.69) is 11.6 Å². The van der Waals surface area contributed by atoms with Gasteiger partial charge in [0.05, 0.1) is 16.8 Å². The van der Waals surface area contributed by atoms with E-state index in [0.29, 0.717) is 22.2 Å². The Morgan fingerprint density at radius 1 is 1.14 bits per heavy atom. The number of fused-ring (bicyclic) bond motifs is 1. The molecule has 0 atom stereocenters. The van der Waals surface area contributed by atoms with Gasteiger partial charge in [-0.3, -0.25) is 10.0 Å². The molecule has 0 fully saturated rings. The number of benzene rings is 2. The summed E-state index contributed by atoms with van der Waals surface area (Å²) in [6.45, 7) is 3.73. The number of hydroxylamine groups is 1. The molecule has 1 aromatic heterocycles. The molecule has 2 N–H and O–H groups in total. The Hall–Kier alpha value is -2.98. The van der Waals surface area contributed by atoms with Crippen LogP contribution in [0.1, 0.15) is 15.9 Å². The highest BCUT2D eigenvalue weighted by atomic mass is 16.5. The first-order valence-corrected chi connectivity index (χ1v) is 6.80. The molecule has 0 aliphatic carbocycles. The van der Waals surface area contributed by atoms with Crippen LogP contribution in [0.4, 0.5) is 0 Å². The van der Waals surface area contributed by atoms with E-state index in [1.165, 1.54) is 0 Å². The van der Waals surface area contributed by atoms with Gasteiger partial charge in [-0.1, -0.05) is 55.1 Å². The second kappa shape index (κ2) is 5.79. The first-order valence-electron chi connectivity index (χ1n) is 6.80. The van der Waals surface area contributed by atoms with Gasteiger partial charge in [-0.2, -0.15) is 0 Å². The third-order valence-electron chi connectivity index (χ3n) is 3.50. The standard InChI is InChI=1S/C18H14N2O2/c1-2-12-7-9-13(10-8-12)17-11-15(18(21)20-22)14-5-3-4-6-16(14)19-17/h2-11,22H,1H2,(H,20,21). The van der Waals surface area contributed by atoms with Crippen molar-refractivity contribution in [3.63, 3.8) is 0 Å². The van der Waals surface area contributed by atoms with E-state index in [1.807, 2.05) is 42.5 Å². The minimum atomic E-state index is -0.553. The smallest absolute Gasteiger partial charge is 0.275 e. The van der Waals surface area contributed by atoms with Crippen LogP contribution in [0.3, 0.4) is 0 Å². The van der Waals surface area contributed by atoms with E-state index in [-0.39, 0.29) is 0 Å². The van der Waals surface area contributed by atoms with Crippen LogP contribution in [0.5, 0.6) is 0 Å². The first kappa shape index (κ1) is 14.0. The van der Waals surface area contributed by atoms with Crippen LogP contribution in [0, 0.1) is 0 Å². The maximum Gasteiger partial charge on any atom is 0.275 e. The van der Waals surface area contributed by atoms with Crippen molar-refractivity contribution in [1.82, 2.24) is 10.5 Å². The van der Waals surface area contributed by atoms with E-state index < -0.39 is 5.91 Å². The van der Waals surface area contributed by atoms with Gasteiger partial charge in [-0.05, 0) is 17.7 Å². The van der Waals surface area contributed by atoms with Crippen LogP contribution in [-0.4, -0.2) is 16.1 Å². The molecule has 108 valence electrons. The molecule has 0 unspecified atom stereocenters. The summed E-state index contributed by atoms with van der Waals surface area (Å²) in [7, 11) is 0. The minimum Gasteiger partial charge on any atom is -0.288 e. The molecule has 22 heavy (non-hydrogen) atoms. The average Bonchev–Trinajstić information content (AvgIpc) is 2.60. The molecule has 0 spiro atoms. The van der Waals surface area contributed by atoms with Crippen LogP contribution >= 0.6 is 0 Å². The Bertz CT molecular complexity index is 855. The number of pyridine rings is 1. The third kappa shape index (κ3) is 2.47. The van der Waals surface area contributed by atoms with Gasteiger partial charge >= 0.3 is 0 Å². The largest absolute Gasteiger partial charge is 0.288 e. The van der Waals surface area contributed by atoms with Gasteiger partial charge in [0.25, 0.3) is 5.91 Å². The molecule has 0 aliphatic heterocycles. The number of carbonyl (C=O) groups excluding carboxylic acids is 1. The molecule has 0 bridgehead atoms. The number of para-hydroxylation sites is 1. The molecular formula is C18H14N2O2. The van der Waals surface area contributed by atoms with Crippen molar-refractivity contribution < 1.29 is 10.0 Å². The second-order valence-electron chi connectivity index (χ2n) is 4.84. The zero-order valence-corrected chi connectivity index (χ0v) is 11.8. The summed E-state index contributed by atoms with van der Waals surface area (Å²) in [5.74, 6) is -0.553. The molecule has 2 aromatic carbocycles. The lowest BCUT2D eigenvalue weighted by Crippen LogP contribution is -2.19. The third-order valence-corrected chi connectivity index (χ3v) is 3.50. The van der Waals surface area contributed by atoms with Gasteiger partial charge in [-0.15, -0.1) is 0 Å². The Morgan fingerprint density at radius 3 is 2.55 bits per heavy atom. The molecule has 1 heterocycles. The Balaban J connectivity index is 2.21. The van der Waals surface area contributed by atoms with Gasteiger partial charge in [0, 0.05) is 10.9 Å². The van der Waals surface area contributed by atoms with Crippen molar-refractivity contribution in [1.29, 1.82) is 0 Å². The molecule has 4 nitrogen and oxygen atoms in total. The number of rotatable bonds is 3. The Labute approximate surface area is 127 Å². The molecular weight excluding hydrogens is 276 g/mol. The topological polar surface area (TPSA) is 62.2 Å². The van der Waals surface area contributed by atoms with Crippen molar-refractivity contribution >= 4 is 22.9 Å². The number of amides is 1. The Morgan fingerprint density at radius 2 is 1.86 bits per heavy atom. The predicted octanol–water partition coefficient (Wildman–Crippen LogP) is 3.66. The molecule has 0 saturated heterocycles. The number of carbonyl (C=O) groups is 1. The van der Waals surface area contributed by atoms with E-state index >= 15 is 0 Å². The lowest BCUT2D eigenvalue weighted by atomic mass is 10.0. The van der Waals surface area contributed by atoms with E-state index in [9.17, 15) is 4.79 Å². The summed E-state index contributed by atoms with van der Waals surface area (Å²) in [6.07, 6.45) is 1.77. The van der Waals surface area contributed by atoms with Crippen LogP contribution in [-0.2, 0) is 0 Å². The maximum atomic E-state index is 11.9. The highest BCUT2D eigenvalue weighted by Gasteiger charge is 2.13. The molecule has 3 rings (SSSR count). The van der Waals surface area contributed by atoms with Crippen LogP contribution in [0.2, 0.25) is 0 Å². The number of hydrogen-bond donors (Lipinski definition) is 2. The zero-order chi connectivity index (χ0) is 15.5. The van der Waals surface area contributed by atoms with Gasteiger partial charge in [0.1, 0.15) is 0 Å². The average molecular weight is 290 g/mol. The van der Waals surface area contributed by atoms with Crippen molar-refractivity contribution in [2.45, 2.75) is 0 Å². The molecule has 4 heteroatoms. The van der Waals surface area contributed by atoms with E-state index in [0.717, 1.165) is 11.1 Å². The maximum absolute atomic E-state index is 11.9. The highest BCUT2D eigenvalue weighted by Crippen LogP contribution is 2.25. The van der Waals surface area contributed by atoms with Gasteiger partial charge in [-0.25, -0.2) is 10.5 Å². The normalized spacial score (nSPS) is 10.4. The highest BCUT2D eigenvalue weighted by molar-refractivity contribution is 6.06. The SMILES string of the molecule is C=Cc1ccc(-c2cc(C(=O)NO)c3ccccc3n2)cc1. The van der Waals surface area contributed by atoms with Crippen LogP contribution in [0.15, 0.2) is 61.2 Å². The fraction of sp³-hybridized carbons (Fsp3) is 0. The second-order valence-corrected chi connectivity index (χ2v) is 4.84. The Kier molecular flexibility index (Phi) is 3.68. The zero-order valence-electron chi connectivity index (χ0n) is 11.8. The van der Waals surface area contributed by atoms with Gasteiger partial charge in [0.15, 0.2) is 0 Å². The lowest BCUT2D eigenvalue weighted by Gasteiger charge is -2.08. The van der Waals surface area contributed by atoms with Crippen LogP contribution < -0.4 is 5.48 Å². The minimum absolute atomic E-state index is 0.385. The predicted molar refractivity (Wildman–Crippen MR) is 86.5 cm³/mol. The summed E-state index contributed by atoms with van der Waals surface area (Å²) >= 11 is 0. The molecule has 0 aliphatic rings. The first-order chi connectivity index (χ1) is 10.7.